The number of nitrogens with two attached hydrogens (primary N) is 1. The third kappa shape index (κ3) is 5.44. The number of rotatable bonds is 4. The predicted molar refractivity (Wildman–Crippen MR) is 102 cm³/mol. The molecule has 8 heteroatoms. The molecule has 25 heavy (non-hydrogen) atoms. The van der Waals surface area contributed by atoms with Gasteiger partial charge in [-0.1, -0.05) is 30.3 Å². The van der Waals surface area contributed by atoms with Crippen LogP contribution in [-0.2, 0) is 11.3 Å². The lowest BCUT2D eigenvalue weighted by Gasteiger charge is -2.34. The largest absolute Gasteiger partial charge is 0.439 e. The van der Waals surface area contributed by atoms with Crippen molar-refractivity contribution < 1.29 is 9.21 Å². The molecular formula is C17H24Cl2N4O2. The van der Waals surface area contributed by atoms with E-state index < -0.39 is 6.04 Å². The smallest absolute Gasteiger partial charge is 0.239 e. The number of hydrogen-bond acceptors (Lipinski definition) is 5. The molecule has 0 bridgehead atoms. The first-order valence-corrected chi connectivity index (χ1v) is 7.90. The molecule has 6 nitrogen and oxygen atoms in total. The third-order valence-electron chi connectivity index (χ3n) is 4.04. The van der Waals surface area contributed by atoms with Gasteiger partial charge in [-0.15, -0.1) is 24.8 Å². The van der Waals surface area contributed by atoms with Crippen molar-refractivity contribution in [1.29, 1.82) is 0 Å². The Kier molecular flexibility index (Phi) is 8.38. The minimum Gasteiger partial charge on any atom is -0.439 e. The molecule has 0 unspecified atom stereocenters. The fourth-order valence-electron chi connectivity index (χ4n) is 2.72. The molecule has 1 atom stereocenters. The van der Waals surface area contributed by atoms with E-state index in [-0.39, 0.29) is 30.7 Å². The fourth-order valence-corrected chi connectivity index (χ4v) is 2.72. The Morgan fingerprint density at radius 2 is 1.84 bits per heavy atom. The van der Waals surface area contributed by atoms with E-state index in [9.17, 15) is 4.79 Å². The van der Waals surface area contributed by atoms with E-state index in [1.165, 1.54) is 0 Å². The molecule has 138 valence electrons. The van der Waals surface area contributed by atoms with Gasteiger partial charge in [0.05, 0.1) is 18.8 Å². The maximum Gasteiger partial charge on any atom is 0.239 e. The van der Waals surface area contributed by atoms with Gasteiger partial charge in [-0.3, -0.25) is 9.69 Å². The average Bonchev–Trinajstić information content (AvgIpc) is 3.04. The van der Waals surface area contributed by atoms with Crippen LogP contribution in [0.15, 0.2) is 40.9 Å². The number of carbonyl (C=O) groups excluding carboxylic acids is 1. The summed E-state index contributed by atoms with van der Waals surface area (Å²) >= 11 is 0. The summed E-state index contributed by atoms with van der Waals surface area (Å²) in [4.78, 5) is 20.3. The van der Waals surface area contributed by atoms with Gasteiger partial charge >= 0.3 is 0 Å². The third-order valence-corrected chi connectivity index (χ3v) is 4.04. The van der Waals surface area contributed by atoms with Gasteiger partial charge in [-0.2, -0.15) is 0 Å². The van der Waals surface area contributed by atoms with E-state index in [0.717, 1.165) is 24.4 Å². The number of hydrogen-bond donors (Lipinski definition) is 1. The summed E-state index contributed by atoms with van der Waals surface area (Å²) in [7, 11) is 0. The minimum atomic E-state index is -0.429. The SMILES string of the molecule is C[C@@H](N)C(=O)N1CCN(Cc2ncc(-c3ccccc3)o2)CC1.Cl.Cl. The molecule has 1 amide bonds. The Hall–Kier alpha value is -1.60. The molecule has 1 aliphatic heterocycles. The van der Waals surface area contributed by atoms with Crippen LogP contribution in [0.25, 0.3) is 11.3 Å². The van der Waals surface area contributed by atoms with Gasteiger partial charge in [-0.05, 0) is 6.92 Å². The molecule has 0 saturated carbocycles. The van der Waals surface area contributed by atoms with Crippen molar-refractivity contribution in [1.82, 2.24) is 14.8 Å². The van der Waals surface area contributed by atoms with Crippen LogP contribution in [0.5, 0.6) is 0 Å². The van der Waals surface area contributed by atoms with Crippen molar-refractivity contribution in [3.05, 3.63) is 42.4 Å². The van der Waals surface area contributed by atoms with Crippen molar-refractivity contribution in [2.75, 3.05) is 26.2 Å². The zero-order chi connectivity index (χ0) is 16.2. The lowest BCUT2D eigenvalue weighted by molar-refractivity contribution is -0.134. The van der Waals surface area contributed by atoms with Crippen molar-refractivity contribution >= 4 is 30.7 Å². The number of halogens is 2. The van der Waals surface area contributed by atoms with Crippen LogP contribution in [0.4, 0.5) is 0 Å². The molecule has 1 saturated heterocycles. The first-order chi connectivity index (χ1) is 11.1. The molecular weight excluding hydrogens is 363 g/mol. The van der Waals surface area contributed by atoms with Crippen LogP contribution in [-0.4, -0.2) is 52.9 Å². The predicted octanol–water partition coefficient (Wildman–Crippen LogP) is 2.18. The van der Waals surface area contributed by atoms with Gasteiger partial charge in [0.15, 0.2) is 5.76 Å². The van der Waals surface area contributed by atoms with E-state index in [1.807, 2.05) is 35.2 Å². The van der Waals surface area contributed by atoms with Crippen LogP contribution in [0.2, 0.25) is 0 Å². The molecule has 1 aromatic heterocycles. The molecule has 1 fully saturated rings. The average molecular weight is 387 g/mol. The van der Waals surface area contributed by atoms with Gasteiger partial charge in [-0.25, -0.2) is 4.98 Å². The fraction of sp³-hybridized carbons (Fsp3) is 0.412. The zero-order valence-electron chi connectivity index (χ0n) is 14.1. The van der Waals surface area contributed by atoms with E-state index in [1.54, 1.807) is 13.1 Å². The maximum absolute atomic E-state index is 11.9. The summed E-state index contributed by atoms with van der Waals surface area (Å²) < 4.78 is 5.83. The van der Waals surface area contributed by atoms with Crippen molar-refractivity contribution in [3.8, 4) is 11.3 Å². The van der Waals surface area contributed by atoms with E-state index in [2.05, 4.69) is 9.88 Å². The van der Waals surface area contributed by atoms with Gasteiger partial charge in [0.25, 0.3) is 0 Å². The molecule has 0 spiro atoms. The summed E-state index contributed by atoms with van der Waals surface area (Å²) in [5.41, 5.74) is 6.68. The quantitative estimate of drug-likeness (QED) is 0.871. The maximum atomic E-state index is 11.9. The Bertz CT molecular complexity index is 656. The zero-order valence-corrected chi connectivity index (χ0v) is 15.8. The number of piperazine rings is 1. The second kappa shape index (κ2) is 9.77. The highest BCUT2D eigenvalue weighted by atomic mass is 35.5. The van der Waals surface area contributed by atoms with Crippen LogP contribution in [0.1, 0.15) is 12.8 Å². The standard InChI is InChI=1S/C17H22N4O2.2ClH/c1-13(18)17(22)21-9-7-20(8-10-21)12-16-19-11-15(23-16)14-5-3-2-4-6-14;;/h2-6,11,13H,7-10,12,18H2,1H3;2*1H/t13-;;/m1../s1. The summed E-state index contributed by atoms with van der Waals surface area (Å²) in [5.74, 6) is 1.51. The molecule has 3 rings (SSSR count). The van der Waals surface area contributed by atoms with Crippen LogP contribution in [0, 0.1) is 0 Å². The van der Waals surface area contributed by atoms with Crippen LogP contribution >= 0.6 is 24.8 Å². The molecule has 1 aliphatic rings. The number of benzene rings is 1. The summed E-state index contributed by atoms with van der Waals surface area (Å²) in [6.45, 7) is 5.40. The minimum absolute atomic E-state index is 0. The molecule has 2 aromatic rings. The number of oxazole rings is 1. The second-order valence-electron chi connectivity index (χ2n) is 5.87. The van der Waals surface area contributed by atoms with Gasteiger partial charge in [0.2, 0.25) is 11.8 Å². The number of nitrogens with zero attached hydrogens (tertiary/aromatic N) is 3. The molecule has 2 N–H and O–H groups in total. The van der Waals surface area contributed by atoms with Crippen molar-refractivity contribution in [2.24, 2.45) is 5.73 Å². The highest BCUT2D eigenvalue weighted by Gasteiger charge is 2.23. The molecule has 0 aliphatic carbocycles. The molecule has 2 heterocycles. The number of aromatic nitrogens is 1. The highest BCUT2D eigenvalue weighted by molar-refractivity contribution is 5.85. The monoisotopic (exact) mass is 386 g/mol. The Morgan fingerprint density at radius 1 is 1.20 bits per heavy atom. The second-order valence-corrected chi connectivity index (χ2v) is 5.87. The van der Waals surface area contributed by atoms with E-state index in [4.69, 9.17) is 10.2 Å². The highest BCUT2D eigenvalue weighted by Crippen LogP contribution is 2.20. The summed E-state index contributed by atoms with van der Waals surface area (Å²) in [6, 6.07) is 9.51. The normalized spacial score (nSPS) is 15.8. The first kappa shape index (κ1) is 21.4. The van der Waals surface area contributed by atoms with E-state index in [0.29, 0.717) is 25.5 Å². The van der Waals surface area contributed by atoms with Gasteiger partial charge in [0, 0.05) is 31.7 Å². The Balaban J connectivity index is 0.00000156. The topological polar surface area (TPSA) is 75.6 Å². The number of amides is 1. The lowest BCUT2D eigenvalue weighted by Crippen LogP contribution is -2.52. The van der Waals surface area contributed by atoms with Crippen molar-refractivity contribution in [3.63, 3.8) is 0 Å². The molecule has 0 radical (unpaired) electrons. The van der Waals surface area contributed by atoms with Gasteiger partial charge < -0.3 is 15.1 Å². The van der Waals surface area contributed by atoms with E-state index >= 15 is 0 Å². The molecule has 1 aromatic carbocycles. The Labute approximate surface area is 160 Å². The van der Waals surface area contributed by atoms with Crippen LogP contribution in [0.3, 0.4) is 0 Å². The lowest BCUT2D eigenvalue weighted by atomic mass is 10.2. The Morgan fingerprint density at radius 3 is 2.44 bits per heavy atom. The summed E-state index contributed by atoms with van der Waals surface area (Å²) in [5, 5.41) is 0. The summed E-state index contributed by atoms with van der Waals surface area (Å²) in [6.07, 6.45) is 1.76. The number of carbonyl (C=O) groups is 1. The van der Waals surface area contributed by atoms with Crippen molar-refractivity contribution in [2.45, 2.75) is 19.5 Å². The first-order valence-electron chi connectivity index (χ1n) is 7.90. The van der Waals surface area contributed by atoms with Gasteiger partial charge in [0.1, 0.15) is 0 Å². The van der Waals surface area contributed by atoms with Crippen LogP contribution < -0.4 is 5.73 Å².